The average molecular weight is 341 g/mol. The molecule has 0 bridgehead atoms. The molecule has 0 aromatic heterocycles. The van der Waals surface area contributed by atoms with E-state index in [1.165, 1.54) is 56.1 Å². The maximum atomic E-state index is 5.74. The fourth-order valence-corrected chi connectivity index (χ4v) is 3.02. The summed E-state index contributed by atoms with van der Waals surface area (Å²) < 4.78 is 1.16. The van der Waals surface area contributed by atoms with Crippen LogP contribution in [0.4, 0.5) is 0 Å². The third-order valence-electron chi connectivity index (χ3n) is 3.98. The maximum Gasteiger partial charge on any atom is 0.0463 e. The van der Waals surface area contributed by atoms with Gasteiger partial charge in [0.2, 0.25) is 0 Å². The molecule has 1 rings (SSSR count). The zero-order chi connectivity index (χ0) is 14.8. The summed E-state index contributed by atoms with van der Waals surface area (Å²) in [6, 6.07) is 6.61. The smallest absolute Gasteiger partial charge is 0.0463 e. The number of hydrazine groups is 1. The van der Waals surface area contributed by atoms with Crippen LogP contribution in [-0.2, 0) is 0 Å². The number of nitrogens with two attached hydrogens (primary N) is 1. The Bertz CT molecular complexity index is 379. The average Bonchev–Trinajstić information content (AvgIpc) is 2.46. The molecule has 20 heavy (non-hydrogen) atoms. The van der Waals surface area contributed by atoms with Crippen LogP contribution in [0.3, 0.4) is 0 Å². The van der Waals surface area contributed by atoms with E-state index in [4.69, 9.17) is 5.84 Å². The van der Waals surface area contributed by atoms with E-state index < -0.39 is 0 Å². The first-order chi connectivity index (χ1) is 9.70. The third-order valence-corrected chi connectivity index (χ3v) is 4.84. The number of unbranched alkanes of at least 4 members (excludes halogenated alkanes) is 6. The first-order valence-electron chi connectivity index (χ1n) is 7.91. The number of hydrogen-bond donors (Lipinski definition) is 2. The molecule has 114 valence electrons. The highest BCUT2D eigenvalue weighted by atomic mass is 79.9. The monoisotopic (exact) mass is 340 g/mol. The molecule has 0 aliphatic rings. The molecular formula is C17H29BrN2. The van der Waals surface area contributed by atoms with Gasteiger partial charge in [-0.05, 0) is 30.5 Å². The SMILES string of the molecule is CCCCCCCCCC(NN)c1cccc(Br)c1C. The van der Waals surface area contributed by atoms with Crippen LogP contribution in [-0.4, -0.2) is 0 Å². The van der Waals surface area contributed by atoms with Crippen molar-refractivity contribution in [1.29, 1.82) is 0 Å². The predicted octanol–water partition coefficient (Wildman–Crippen LogP) is 5.40. The van der Waals surface area contributed by atoms with Crippen LogP contribution in [0.5, 0.6) is 0 Å². The molecule has 0 aliphatic heterocycles. The second-order valence-electron chi connectivity index (χ2n) is 5.58. The van der Waals surface area contributed by atoms with Crippen molar-refractivity contribution in [2.24, 2.45) is 5.84 Å². The van der Waals surface area contributed by atoms with Crippen molar-refractivity contribution in [3.8, 4) is 0 Å². The highest BCUT2D eigenvalue weighted by molar-refractivity contribution is 9.10. The van der Waals surface area contributed by atoms with Crippen LogP contribution in [0, 0.1) is 6.92 Å². The van der Waals surface area contributed by atoms with Gasteiger partial charge < -0.3 is 0 Å². The lowest BCUT2D eigenvalue weighted by molar-refractivity contribution is 0.474. The highest BCUT2D eigenvalue weighted by Gasteiger charge is 2.12. The molecule has 0 aliphatic carbocycles. The minimum absolute atomic E-state index is 0.267. The number of rotatable bonds is 10. The molecular weight excluding hydrogens is 312 g/mol. The Morgan fingerprint density at radius 3 is 2.40 bits per heavy atom. The molecule has 0 amide bonds. The van der Waals surface area contributed by atoms with Crippen molar-refractivity contribution in [1.82, 2.24) is 5.43 Å². The summed E-state index contributed by atoms with van der Waals surface area (Å²) >= 11 is 3.59. The minimum Gasteiger partial charge on any atom is -0.271 e. The number of nitrogens with one attached hydrogen (secondary N) is 1. The lowest BCUT2D eigenvalue weighted by Crippen LogP contribution is -2.28. The summed E-state index contributed by atoms with van der Waals surface area (Å²) in [7, 11) is 0. The van der Waals surface area contributed by atoms with Crippen molar-refractivity contribution < 1.29 is 0 Å². The first-order valence-corrected chi connectivity index (χ1v) is 8.71. The lowest BCUT2D eigenvalue weighted by atomic mass is 9.96. The van der Waals surface area contributed by atoms with Gasteiger partial charge in [0.25, 0.3) is 0 Å². The molecule has 0 heterocycles. The molecule has 3 N–H and O–H groups in total. The summed E-state index contributed by atoms with van der Waals surface area (Å²) in [4.78, 5) is 0. The predicted molar refractivity (Wildman–Crippen MR) is 91.6 cm³/mol. The van der Waals surface area contributed by atoms with Crippen LogP contribution in [0.25, 0.3) is 0 Å². The van der Waals surface area contributed by atoms with Gasteiger partial charge in [-0.2, -0.15) is 0 Å². The van der Waals surface area contributed by atoms with Crippen LogP contribution in [0.1, 0.15) is 75.5 Å². The first kappa shape index (κ1) is 17.7. The zero-order valence-corrected chi connectivity index (χ0v) is 14.5. The molecule has 0 fully saturated rings. The van der Waals surface area contributed by atoms with Gasteiger partial charge in [0.1, 0.15) is 0 Å². The second kappa shape index (κ2) is 10.4. The Morgan fingerprint density at radius 1 is 1.10 bits per heavy atom. The Balaban J connectivity index is 2.34. The molecule has 1 unspecified atom stereocenters. The van der Waals surface area contributed by atoms with Gasteiger partial charge in [0.15, 0.2) is 0 Å². The van der Waals surface area contributed by atoms with Crippen LogP contribution < -0.4 is 11.3 Å². The summed E-state index contributed by atoms with van der Waals surface area (Å²) in [6.07, 6.45) is 10.5. The van der Waals surface area contributed by atoms with E-state index in [9.17, 15) is 0 Å². The molecule has 0 saturated heterocycles. The summed E-state index contributed by atoms with van der Waals surface area (Å²) in [5.41, 5.74) is 5.58. The van der Waals surface area contributed by atoms with Gasteiger partial charge in [-0.25, -0.2) is 0 Å². The molecule has 0 saturated carbocycles. The Hall–Kier alpha value is -0.380. The van der Waals surface area contributed by atoms with E-state index in [1.807, 2.05) is 0 Å². The van der Waals surface area contributed by atoms with Gasteiger partial charge in [-0.3, -0.25) is 11.3 Å². The number of hydrogen-bond acceptors (Lipinski definition) is 2. The lowest BCUT2D eigenvalue weighted by Gasteiger charge is -2.19. The quantitative estimate of drug-likeness (QED) is 0.340. The Morgan fingerprint density at radius 2 is 1.75 bits per heavy atom. The van der Waals surface area contributed by atoms with Crippen LogP contribution >= 0.6 is 15.9 Å². The standard InChI is InChI=1S/C17H29BrN2/c1-3-4-5-6-7-8-9-13-17(20-19)15-11-10-12-16(18)14(15)2/h10-12,17,20H,3-9,13,19H2,1-2H3. The van der Waals surface area contributed by atoms with E-state index in [0.717, 1.165) is 10.9 Å². The third kappa shape index (κ3) is 5.94. The van der Waals surface area contributed by atoms with Crippen molar-refractivity contribution in [2.75, 3.05) is 0 Å². The summed E-state index contributed by atoms with van der Waals surface area (Å²) in [6.45, 7) is 4.41. The zero-order valence-electron chi connectivity index (χ0n) is 12.9. The number of benzene rings is 1. The minimum atomic E-state index is 0.267. The molecule has 1 aromatic carbocycles. The number of halogens is 1. The molecule has 1 aromatic rings. The van der Waals surface area contributed by atoms with Crippen molar-refractivity contribution in [2.45, 2.75) is 71.3 Å². The molecule has 0 spiro atoms. The largest absolute Gasteiger partial charge is 0.271 e. The van der Waals surface area contributed by atoms with Gasteiger partial charge >= 0.3 is 0 Å². The van der Waals surface area contributed by atoms with Crippen LogP contribution in [0.15, 0.2) is 22.7 Å². The van der Waals surface area contributed by atoms with Crippen molar-refractivity contribution in [3.63, 3.8) is 0 Å². The summed E-state index contributed by atoms with van der Waals surface area (Å²) in [5, 5.41) is 0. The van der Waals surface area contributed by atoms with E-state index in [-0.39, 0.29) is 6.04 Å². The molecule has 2 nitrogen and oxygen atoms in total. The fourth-order valence-electron chi connectivity index (χ4n) is 2.64. The highest BCUT2D eigenvalue weighted by Crippen LogP contribution is 2.27. The Labute approximate surface area is 132 Å². The maximum absolute atomic E-state index is 5.74. The molecule has 1 atom stereocenters. The van der Waals surface area contributed by atoms with Crippen molar-refractivity contribution in [3.05, 3.63) is 33.8 Å². The Kier molecular flexibility index (Phi) is 9.16. The normalized spacial score (nSPS) is 12.6. The topological polar surface area (TPSA) is 38.0 Å². The van der Waals surface area contributed by atoms with Gasteiger partial charge in [0, 0.05) is 10.5 Å². The van der Waals surface area contributed by atoms with E-state index in [0.29, 0.717) is 0 Å². The van der Waals surface area contributed by atoms with E-state index >= 15 is 0 Å². The van der Waals surface area contributed by atoms with E-state index in [1.54, 1.807) is 0 Å². The summed E-state index contributed by atoms with van der Waals surface area (Å²) in [5.74, 6) is 5.74. The van der Waals surface area contributed by atoms with Gasteiger partial charge in [0.05, 0.1) is 0 Å². The van der Waals surface area contributed by atoms with E-state index in [2.05, 4.69) is 53.4 Å². The van der Waals surface area contributed by atoms with Gasteiger partial charge in [-0.1, -0.05) is 79.9 Å². The molecule has 0 radical (unpaired) electrons. The van der Waals surface area contributed by atoms with Gasteiger partial charge in [-0.15, -0.1) is 0 Å². The second-order valence-corrected chi connectivity index (χ2v) is 6.44. The molecule has 3 heteroatoms. The van der Waals surface area contributed by atoms with Crippen molar-refractivity contribution >= 4 is 15.9 Å². The fraction of sp³-hybridized carbons (Fsp3) is 0.647. The van der Waals surface area contributed by atoms with Crippen LogP contribution in [0.2, 0.25) is 0 Å².